The van der Waals surface area contributed by atoms with Crippen LogP contribution in [0, 0.1) is 0 Å². The van der Waals surface area contributed by atoms with Crippen LogP contribution in [0.25, 0.3) is 0 Å². The third-order valence-corrected chi connectivity index (χ3v) is 3.77. The molecule has 0 atom stereocenters. The van der Waals surface area contributed by atoms with Gasteiger partial charge >= 0.3 is 0 Å². The van der Waals surface area contributed by atoms with E-state index >= 15 is 0 Å². The Kier molecular flexibility index (Phi) is 0.959. The molecule has 1 aliphatic rings. The van der Waals surface area contributed by atoms with E-state index in [2.05, 4.69) is 24.8 Å². The van der Waals surface area contributed by atoms with Crippen molar-refractivity contribution in [3.63, 3.8) is 0 Å². The lowest BCUT2D eigenvalue weighted by molar-refractivity contribution is 1.22. The molecule has 0 N–H and O–H groups in total. The summed E-state index contributed by atoms with van der Waals surface area (Å²) in [4.78, 5) is 1.70. The third-order valence-electron chi connectivity index (χ3n) is 1.39. The summed E-state index contributed by atoms with van der Waals surface area (Å²) >= 11 is 0. The SMILES string of the molecule is CCC1=CS1(C)C. The first kappa shape index (κ1) is 5.23. The lowest BCUT2D eigenvalue weighted by atomic mass is 10.5. The number of hydrogen-bond acceptors (Lipinski definition) is 0. The van der Waals surface area contributed by atoms with Gasteiger partial charge in [-0.3, -0.25) is 0 Å². The minimum absolute atomic E-state index is 0.216. The van der Waals surface area contributed by atoms with Crippen molar-refractivity contribution in [1.82, 2.24) is 0 Å². The molecule has 0 bridgehead atoms. The van der Waals surface area contributed by atoms with E-state index in [0.29, 0.717) is 0 Å². The maximum Gasteiger partial charge on any atom is -0.0246 e. The summed E-state index contributed by atoms with van der Waals surface area (Å²) in [7, 11) is -0.216. The van der Waals surface area contributed by atoms with Crippen LogP contribution in [0.5, 0.6) is 0 Å². The van der Waals surface area contributed by atoms with Crippen molar-refractivity contribution < 1.29 is 0 Å². The van der Waals surface area contributed by atoms with Crippen LogP contribution in [0.4, 0.5) is 0 Å². The Balaban J connectivity index is 2.40. The van der Waals surface area contributed by atoms with E-state index in [1.165, 1.54) is 6.42 Å². The van der Waals surface area contributed by atoms with Crippen molar-refractivity contribution in [2.24, 2.45) is 0 Å². The quantitative estimate of drug-likeness (QED) is 0.493. The molecule has 7 heavy (non-hydrogen) atoms. The Labute approximate surface area is 46.9 Å². The highest BCUT2D eigenvalue weighted by Gasteiger charge is 2.25. The van der Waals surface area contributed by atoms with E-state index in [0.717, 1.165) is 0 Å². The van der Waals surface area contributed by atoms with Crippen molar-refractivity contribution >= 4 is 10.0 Å². The van der Waals surface area contributed by atoms with Gasteiger partial charge in [-0.2, -0.15) is 0 Å². The van der Waals surface area contributed by atoms with Crippen LogP contribution in [0.3, 0.4) is 0 Å². The minimum atomic E-state index is -0.216. The molecule has 0 fully saturated rings. The van der Waals surface area contributed by atoms with Crippen molar-refractivity contribution in [2.75, 3.05) is 12.5 Å². The Hall–Kier alpha value is 0.0900. The topological polar surface area (TPSA) is 0 Å². The number of hydrogen-bond donors (Lipinski definition) is 0. The first-order valence-electron chi connectivity index (χ1n) is 2.61. The fraction of sp³-hybridized carbons (Fsp3) is 0.667. The first-order valence-corrected chi connectivity index (χ1v) is 5.12. The molecule has 0 aromatic heterocycles. The molecule has 0 saturated carbocycles. The zero-order valence-electron chi connectivity index (χ0n) is 5.19. The van der Waals surface area contributed by atoms with Crippen molar-refractivity contribution in [3.8, 4) is 0 Å². The molecule has 1 rings (SSSR count). The van der Waals surface area contributed by atoms with Gasteiger partial charge in [0.2, 0.25) is 0 Å². The van der Waals surface area contributed by atoms with Gasteiger partial charge in [-0.05, 0) is 29.2 Å². The second-order valence-corrected chi connectivity index (χ2v) is 5.92. The van der Waals surface area contributed by atoms with Crippen LogP contribution in [0.15, 0.2) is 10.3 Å². The van der Waals surface area contributed by atoms with Gasteiger partial charge in [-0.15, -0.1) is 0 Å². The lowest BCUT2D eigenvalue weighted by Crippen LogP contribution is -1.70. The molecular weight excluding hydrogens is 104 g/mol. The summed E-state index contributed by atoms with van der Waals surface area (Å²) in [6.07, 6.45) is 5.96. The molecule has 0 aromatic carbocycles. The predicted molar refractivity (Wildman–Crippen MR) is 37.8 cm³/mol. The number of allylic oxidation sites excluding steroid dienone is 1. The Bertz CT molecular complexity index is 111. The van der Waals surface area contributed by atoms with Gasteiger partial charge in [-0.1, -0.05) is 6.92 Å². The molecule has 0 radical (unpaired) electrons. The molecule has 0 unspecified atom stereocenters. The van der Waals surface area contributed by atoms with Crippen LogP contribution in [-0.2, 0) is 0 Å². The van der Waals surface area contributed by atoms with Gasteiger partial charge in [0.25, 0.3) is 0 Å². The zero-order chi connectivity index (χ0) is 5.49. The number of rotatable bonds is 1. The standard InChI is InChI=1S/C6H12S/c1-4-6-5-7(6,2)3/h5H,4H2,1-3H3. The molecule has 0 aromatic rings. The van der Waals surface area contributed by atoms with Crippen LogP contribution in [0.1, 0.15) is 13.3 Å². The van der Waals surface area contributed by atoms with Crippen molar-refractivity contribution in [2.45, 2.75) is 13.3 Å². The third kappa shape index (κ3) is 0.828. The fourth-order valence-corrected chi connectivity index (χ4v) is 2.86. The summed E-state index contributed by atoms with van der Waals surface area (Å²) in [5, 5.41) is 2.41. The predicted octanol–water partition coefficient (Wildman–Crippen LogP) is 2.32. The van der Waals surface area contributed by atoms with Gasteiger partial charge in [0.1, 0.15) is 0 Å². The summed E-state index contributed by atoms with van der Waals surface area (Å²) in [5.74, 6) is 0. The zero-order valence-corrected chi connectivity index (χ0v) is 6.01. The smallest absolute Gasteiger partial charge is 0.0246 e. The second-order valence-electron chi connectivity index (χ2n) is 2.34. The monoisotopic (exact) mass is 116 g/mol. The van der Waals surface area contributed by atoms with E-state index in [9.17, 15) is 0 Å². The van der Waals surface area contributed by atoms with E-state index < -0.39 is 0 Å². The lowest BCUT2D eigenvalue weighted by Gasteiger charge is -2.06. The van der Waals surface area contributed by atoms with Gasteiger partial charge in [0.05, 0.1) is 0 Å². The average molecular weight is 116 g/mol. The Morgan fingerprint density at radius 3 is 2.00 bits per heavy atom. The molecule has 1 heterocycles. The van der Waals surface area contributed by atoms with Gasteiger partial charge in [0, 0.05) is 0 Å². The van der Waals surface area contributed by atoms with E-state index in [1.54, 1.807) is 4.91 Å². The maximum atomic E-state index is 2.41. The first-order chi connectivity index (χ1) is 3.17. The summed E-state index contributed by atoms with van der Waals surface area (Å²) in [6.45, 7) is 2.23. The van der Waals surface area contributed by atoms with Gasteiger partial charge in [0.15, 0.2) is 0 Å². The molecule has 0 nitrogen and oxygen atoms in total. The Morgan fingerprint density at radius 2 is 2.00 bits per heavy atom. The molecule has 0 aliphatic carbocycles. The minimum Gasteiger partial charge on any atom is -0.203 e. The molecule has 0 saturated heterocycles. The fourth-order valence-electron chi connectivity index (χ4n) is 0.760. The molecule has 1 aliphatic heterocycles. The van der Waals surface area contributed by atoms with E-state index in [-0.39, 0.29) is 10.0 Å². The average Bonchev–Trinajstić information content (AvgIpc) is 2.13. The van der Waals surface area contributed by atoms with Crippen molar-refractivity contribution in [1.29, 1.82) is 0 Å². The summed E-state index contributed by atoms with van der Waals surface area (Å²) in [6, 6.07) is 0. The molecule has 0 spiro atoms. The Morgan fingerprint density at radius 1 is 1.57 bits per heavy atom. The van der Waals surface area contributed by atoms with Gasteiger partial charge in [-0.25, -0.2) is 10.0 Å². The largest absolute Gasteiger partial charge is 0.203 e. The van der Waals surface area contributed by atoms with E-state index in [1.807, 2.05) is 0 Å². The molecule has 42 valence electrons. The normalized spacial score (nSPS) is 28.7. The second kappa shape index (κ2) is 1.28. The van der Waals surface area contributed by atoms with Crippen LogP contribution in [0.2, 0.25) is 0 Å². The summed E-state index contributed by atoms with van der Waals surface area (Å²) in [5.41, 5.74) is 0. The van der Waals surface area contributed by atoms with Crippen LogP contribution >= 0.6 is 10.0 Å². The highest BCUT2D eigenvalue weighted by molar-refractivity contribution is 8.43. The van der Waals surface area contributed by atoms with Gasteiger partial charge < -0.3 is 0 Å². The molecular formula is C6H12S. The molecule has 1 heteroatoms. The highest BCUT2D eigenvalue weighted by atomic mass is 32.3. The molecule has 0 amide bonds. The van der Waals surface area contributed by atoms with Crippen molar-refractivity contribution in [3.05, 3.63) is 10.3 Å². The maximum absolute atomic E-state index is 2.41. The van der Waals surface area contributed by atoms with Crippen LogP contribution < -0.4 is 0 Å². The summed E-state index contributed by atoms with van der Waals surface area (Å²) < 4.78 is 0. The highest BCUT2D eigenvalue weighted by Crippen LogP contribution is 2.65. The van der Waals surface area contributed by atoms with E-state index in [4.69, 9.17) is 0 Å². The van der Waals surface area contributed by atoms with Crippen LogP contribution in [-0.4, -0.2) is 12.5 Å².